The van der Waals surface area contributed by atoms with Crippen LogP contribution in [0.2, 0.25) is 0 Å². The number of carbonyl (C=O) groups excluding carboxylic acids is 1. The molecular formula is C23H16FNO2. The van der Waals surface area contributed by atoms with Gasteiger partial charge in [0, 0.05) is 23.7 Å². The molecule has 0 fully saturated rings. The predicted molar refractivity (Wildman–Crippen MR) is 104 cm³/mol. The number of rotatable bonds is 4. The molecule has 4 aromatic rings. The van der Waals surface area contributed by atoms with Gasteiger partial charge in [0.05, 0.1) is 11.1 Å². The largest absolute Gasteiger partial charge is 0.342 e. The molecule has 132 valence electrons. The lowest BCUT2D eigenvalue weighted by atomic mass is 10.0. The molecule has 0 saturated heterocycles. The number of carbonyl (C=O) groups is 1. The maximum Gasteiger partial charge on any atom is 0.200 e. The second-order valence-electron chi connectivity index (χ2n) is 6.34. The van der Waals surface area contributed by atoms with E-state index in [0.717, 1.165) is 11.1 Å². The van der Waals surface area contributed by atoms with Gasteiger partial charge in [-0.1, -0.05) is 42.5 Å². The van der Waals surface area contributed by atoms with E-state index in [0.29, 0.717) is 11.9 Å². The number of hydrogen-bond acceptors (Lipinski definition) is 2. The third kappa shape index (κ3) is 3.29. The normalized spacial score (nSPS) is 10.9. The van der Waals surface area contributed by atoms with Crippen molar-refractivity contribution in [2.24, 2.45) is 0 Å². The molecule has 4 heteroatoms. The standard InChI is InChI=1S/C23H16FNO2/c24-18-12-10-17(11-13-18)22(26)20-15-25(14-16-6-2-1-3-7-16)21-9-5-4-8-19(21)23(20)27/h1-13,15H,14H2. The van der Waals surface area contributed by atoms with Crippen LogP contribution >= 0.6 is 0 Å². The van der Waals surface area contributed by atoms with Gasteiger partial charge in [-0.25, -0.2) is 4.39 Å². The Kier molecular flexibility index (Phi) is 4.38. The molecule has 3 nitrogen and oxygen atoms in total. The molecule has 0 bridgehead atoms. The average Bonchev–Trinajstić information content (AvgIpc) is 2.71. The van der Waals surface area contributed by atoms with Gasteiger partial charge in [-0.2, -0.15) is 0 Å². The smallest absolute Gasteiger partial charge is 0.200 e. The van der Waals surface area contributed by atoms with Crippen molar-refractivity contribution in [3.63, 3.8) is 0 Å². The Hall–Kier alpha value is -3.53. The van der Waals surface area contributed by atoms with Gasteiger partial charge in [-0.3, -0.25) is 9.59 Å². The fourth-order valence-corrected chi connectivity index (χ4v) is 3.17. The first-order valence-electron chi connectivity index (χ1n) is 8.60. The minimum Gasteiger partial charge on any atom is -0.342 e. The molecule has 0 amide bonds. The summed E-state index contributed by atoms with van der Waals surface area (Å²) in [5.74, 6) is -0.834. The molecule has 0 aliphatic rings. The number of benzene rings is 3. The minimum atomic E-state index is -0.424. The van der Waals surface area contributed by atoms with Crippen molar-refractivity contribution in [1.82, 2.24) is 4.57 Å². The zero-order chi connectivity index (χ0) is 18.8. The van der Waals surface area contributed by atoms with E-state index in [9.17, 15) is 14.0 Å². The molecule has 4 rings (SSSR count). The summed E-state index contributed by atoms with van der Waals surface area (Å²) in [4.78, 5) is 25.8. The van der Waals surface area contributed by atoms with Crippen LogP contribution in [0.5, 0.6) is 0 Å². The molecular weight excluding hydrogens is 341 g/mol. The van der Waals surface area contributed by atoms with Crippen LogP contribution in [-0.2, 0) is 6.54 Å². The zero-order valence-electron chi connectivity index (χ0n) is 14.4. The second-order valence-corrected chi connectivity index (χ2v) is 6.34. The van der Waals surface area contributed by atoms with Crippen LogP contribution in [-0.4, -0.2) is 10.4 Å². The molecule has 0 atom stereocenters. The van der Waals surface area contributed by atoms with E-state index >= 15 is 0 Å². The Morgan fingerprint density at radius 2 is 1.52 bits per heavy atom. The van der Waals surface area contributed by atoms with Gasteiger partial charge < -0.3 is 4.57 Å². The van der Waals surface area contributed by atoms with Gasteiger partial charge in [-0.15, -0.1) is 0 Å². The Labute approximate surface area is 155 Å². The summed E-state index contributed by atoms with van der Waals surface area (Å²) in [7, 11) is 0. The van der Waals surface area contributed by atoms with Crippen LogP contribution in [0, 0.1) is 5.82 Å². The van der Waals surface area contributed by atoms with Crippen LogP contribution in [0.25, 0.3) is 10.9 Å². The third-order valence-electron chi connectivity index (χ3n) is 4.53. The van der Waals surface area contributed by atoms with Gasteiger partial charge in [0.25, 0.3) is 0 Å². The van der Waals surface area contributed by atoms with Crippen molar-refractivity contribution < 1.29 is 9.18 Å². The van der Waals surface area contributed by atoms with Crippen molar-refractivity contribution in [2.45, 2.75) is 6.54 Å². The molecule has 0 saturated carbocycles. The molecule has 27 heavy (non-hydrogen) atoms. The summed E-state index contributed by atoms with van der Waals surface area (Å²) in [6, 6.07) is 22.3. The highest BCUT2D eigenvalue weighted by Gasteiger charge is 2.17. The fraction of sp³-hybridized carbons (Fsp3) is 0.0435. The first-order chi connectivity index (χ1) is 13.1. The van der Waals surface area contributed by atoms with Crippen molar-refractivity contribution >= 4 is 16.7 Å². The van der Waals surface area contributed by atoms with Crippen LogP contribution < -0.4 is 5.43 Å². The van der Waals surface area contributed by atoms with Crippen LogP contribution in [0.1, 0.15) is 21.5 Å². The second kappa shape index (κ2) is 7.00. The third-order valence-corrected chi connectivity index (χ3v) is 4.53. The van der Waals surface area contributed by atoms with Gasteiger partial charge in [-0.05, 0) is 42.0 Å². The number of hydrogen-bond donors (Lipinski definition) is 0. The fourth-order valence-electron chi connectivity index (χ4n) is 3.17. The highest BCUT2D eigenvalue weighted by atomic mass is 19.1. The quantitative estimate of drug-likeness (QED) is 0.507. The van der Waals surface area contributed by atoms with Crippen LogP contribution in [0.15, 0.2) is 89.9 Å². The Bertz CT molecular complexity index is 1180. The topological polar surface area (TPSA) is 39.1 Å². The first kappa shape index (κ1) is 16.9. The SMILES string of the molecule is O=C(c1ccc(F)cc1)c1cn(Cc2ccccc2)c2ccccc2c1=O. The van der Waals surface area contributed by atoms with Crippen LogP contribution in [0.4, 0.5) is 4.39 Å². The minimum absolute atomic E-state index is 0.0799. The van der Waals surface area contributed by atoms with E-state index in [1.807, 2.05) is 47.0 Å². The number of pyridine rings is 1. The zero-order valence-corrected chi connectivity index (χ0v) is 14.4. The van der Waals surface area contributed by atoms with E-state index in [4.69, 9.17) is 0 Å². The van der Waals surface area contributed by atoms with E-state index in [1.54, 1.807) is 18.3 Å². The van der Waals surface area contributed by atoms with E-state index in [2.05, 4.69) is 0 Å². The van der Waals surface area contributed by atoms with Crippen molar-refractivity contribution in [3.05, 3.63) is 118 Å². The molecule has 0 spiro atoms. The molecule has 0 aliphatic carbocycles. The maximum absolute atomic E-state index is 13.2. The molecule has 0 radical (unpaired) electrons. The lowest BCUT2D eigenvalue weighted by Crippen LogP contribution is -2.20. The first-order valence-corrected chi connectivity index (χ1v) is 8.60. The molecule has 3 aromatic carbocycles. The van der Waals surface area contributed by atoms with Gasteiger partial charge in [0.1, 0.15) is 5.82 Å². The lowest BCUT2D eigenvalue weighted by Gasteiger charge is -2.13. The molecule has 1 heterocycles. The van der Waals surface area contributed by atoms with E-state index in [1.165, 1.54) is 24.3 Å². The number of aromatic nitrogens is 1. The summed E-state index contributed by atoms with van der Waals surface area (Å²) in [6.45, 7) is 0.533. The molecule has 1 aromatic heterocycles. The lowest BCUT2D eigenvalue weighted by molar-refractivity contribution is 0.103. The number of para-hydroxylation sites is 1. The molecule has 0 aliphatic heterocycles. The Balaban J connectivity index is 1.88. The maximum atomic E-state index is 13.2. The number of fused-ring (bicyclic) bond motifs is 1. The monoisotopic (exact) mass is 357 g/mol. The summed E-state index contributed by atoms with van der Waals surface area (Å²) < 4.78 is 15.1. The van der Waals surface area contributed by atoms with E-state index in [-0.39, 0.29) is 16.6 Å². The van der Waals surface area contributed by atoms with Gasteiger partial charge >= 0.3 is 0 Å². The predicted octanol–water partition coefficient (Wildman–Crippen LogP) is 4.42. The average molecular weight is 357 g/mol. The number of ketones is 1. The highest BCUT2D eigenvalue weighted by Crippen LogP contribution is 2.16. The number of nitrogens with zero attached hydrogens (tertiary/aromatic N) is 1. The van der Waals surface area contributed by atoms with Crippen LogP contribution in [0.3, 0.4) is 0 Å². The van der Waals surface area contributed by atoms with Crippen molar-refractivity contribution in [1.29, 1.82) is 0 Å². The van der Waals surface area contributed by atoms with Gasteiger partial charge in [0.2, 0.25) is 5.43 Å². The molecule has 0 unspecified atom stereocenters. The molecule has 0 N–H and O–H groups in total. The summed E-state index contributed by atoms with van der Waals surface area (Å²) in [5.41, 5.74) is 1.88. The Morgan fingerprint density at radius 3 is 2.26 bits per heavy atom. The number of halogens is 1. The summed E-state index contributed by atoms with van der Waals surface area (Å²) in [5, 5.41) is 0.487. The highest BCUT2D eigenvalue weighted by molar-refractivity contribution is 6.10. The van der Waals surface area contributed by atoms with Crippen molar-refractivity contribution in [3.8, 4) is 0 Å². The van der Waals surface area contributed by atoms with Crippen molar-refractivity contribution in [2.75, 3.05) is 0 Å². The summed E-state index contributed by atoms with van der Waals surface area (Å²) >= 11 is 0. The van der Waals surface area contributed by atoms with Gasteiger partial charge in [0.15, 0.2) is 5.78 Å². The summed E-state index contributed by atoms with van der Waals surface area (Å²) in [6.07, 6.45) is 1.60. The van der Waals surface area contributed by atoms with E-state index < -0.39 is 11.6 Å². The Morgan fingerprint density at radius 1 is 0.852 bits per heavy atom.